The molecule has 3 nitrogen and oxygen atoms in total. The molecule has 92 valence electrons. The molecule has 0 saturated heterocycles. The van der Waals surface area contributed by atoms with Crippen LogP contribution in [-0.4, -0.2) is 16.2 Å². The topological polar surface area (TPSA) is 37.8 Å². The number of nitrogens with one attached hydrogen (secondary N) is 1. The van der Waals surface area contributed by atoms with Crippen molar-refractivity contribution in [3.8, 4) is 0 Å². The number of aromatic nitrogens is 2. The molecule has 1 aromatic heterocycles. The van der Waals surface area contributed by atoms with E-state index in [0.717, 1.165) is 16.6 Å². The molecule has 0 fully saturated rings. The Morgan fingerprint density at radius 3 is 2.62 bits per heavy atom. The van der Waals surface area contributed by atoms with E-state index in [-0.39, 0.29) is 0 Å². The van der Waals surface area contributed by atoms with Gasteiger partial charge in [0.25, 0.3) is 0 Å². The lowest BCUT2D eigenvalue weighted by Gasteiger charge is -2.10. The van der Waals surface area contributed by atoms with Crippen molar-refractivity contribution in [3.63, 3.8) is 0 Å². The van der Waals surface area contributed by atoms with Crippen molar-refractivity contribution in [3.05, 3.63) is 5.01 Å². The molecule has 4 heteroatoms. The molecule has 0 aliphatic carbocycles. The molecule has 1 unspecified atom stereocenters. The van der Waals surface area contributed by atoms with E-state index < -0.39 is 0 Å². The lowest BCUT2D eigenvalue weighted by atomic mass is 10.1. The van der Waals surface area contributed by atoms with Gasteiger partial charge in [-0.1, -0.05) is 44.9 Å². The summed E-state index contributed by atoms with van der Waals surface area (Å²) in [4.78, 5) is 0. The fourth-order valence-corrected chi connectivity index (χ4v) is 2.60. The minimum Gasteiger partial charge on any atom is -0.358 e. The van der Waals surface area contributed by atoms with Gasteiger partial charge in [0, 0.05) is 12.5 Å². The van der Waals surface area contributed by atoms with E-state index in [9.17, 15) is 0 Å². The molecule has 0 aliphatic rings. The van der Waals surface area contributed by atoms with E-state index in [1.165, 1.54) is 19.3 Å². The molecule has 1 heterocycles. The van der Waals surface area contributed by atoms with Gasteiger partial charge in [0.1, 0.15) is 5.01 Å². The summed E-state index contributed by atoms with van der Waals surface area (Å²) >= 11 is 1.69. The van der Waals surface area contributed by atoms with Crippen LogP contribution in [0.3, 0.4) is 0 Å². The molecule has 1 rings (SSSR count). The second-order valence-electron chi connectivity index (χ2n) is 4.79. The van der Waals surface area contributed by atoms with Gasteiger partial charge in [-0.15, -0.1) is 10.2 Å². The Kier molecular flexibility index (Phi) is 5.74. The summed E-state index contributed by atoms with van der Waals surface area (Å²) < 4.78 is 0. The van der Waals surface area contributed by atoms with Crippen LogP contribution in [0.1, 0.15) is 52.0 Å². The van der Waals surface area contributed by atoms with Crippen LogP contribution >= 0.6 is 11.3 Å². The average Bonchev–Trinajstić information content (AvgIpc) is 2.61. The zero-order valence-electron chi connectivity index (χ0n) is 10.8. The molecule has 0 saturated carbocycles. The zero-order chi connectivity index (χ0) is 12.0. The van der Waals surface area contributed by atoms with Gasteiger partial charge >= 0.3 is 0 Å². The summed E-state index contributed by atoms with van der Waals surface area (Å²) in [5, 5.41) is 13.9. The second-order valence-corrected chi connectivity index (χ2v) is 5.85. The fraction of sp³-hybridized carbons (Fsp3) is 0.833. The smallest absolute Gasteiger partial charge is 0.205 e. The second kappa shape index (κ2) is 6.84. The summed E-state index contributed by atoms with van der Waals surface area (Å²) in [5.41, 5.74) is 0. The summed E-state index contributed by atoms with van der Waals surface area (Å²) in [6, 6.07) is 0.500. The number of unbranched alkanes of at least 4 members (excludes halogenated alkanes) is 1. The molecule has 0 aliphatic heterocycles. The van der Waals surface area contributed by atoms with Crippen molar-refractivity contribution in [2.75, 3.05) is 5.32 Å². The molecule has 1 N–H and O–H groups in total. The van der Waals surface area contributed by atoms with E-state index in [4.69, 9.17) is 0 Å². The number of hydrogen-bond donors (Lipinski definition) is 1. The van der Waals surface area contributed by atoms with Gasteiger partial charge in [0.05, 0.1) is 0 Å². The van der Waals surface area contributed by atoms with E-state index in [0.29, 0.717) is 12.0 Å². The van der Waals surface area contributed by atoms with Crippen molar-refractivity contribution in [1.29, 1.82) is 0 Å². The monoisotopic (exact) mass is 241 g/mol. The summed E-state index contributed by atoms with van der Waals surface area (Å²) in [6.07, 6.45) is 4.75. The number of anilines is 1. The van der Waals surface area contributed by atoms with Crippen molar-refractivity contribution in [2.45, 2.75) is 59.4 Å². The Morgan fingerprint density at radius 2 is 2.00 bits per heavy atom. The van der Waals surface area contributed by atoms with Gasteiger partial charge < -0.3 is 5.32 Å². The predicted molar refractivity (Wildman–Crippen MR) is 71.1 cm³/mol. The lowest BCUT2D eigenvalue weighted by molar-refractivity contribution is 0.637. The molecule has 16 heavy (non-hydrogen) atoms. The van der Waals surface area contributed by atoms with Crippen LogP contribution in [0.25, 0.3) is 0 Å². The van der Waals surface area contributed by atoms with Crippen LogP contribution in [0.2, 0.25) is 0 Å². The third-order valence-electron chi connectivity index (χ3n) is 2.41. The van der Waals surface area contributed by atoms with Crippen LogP contribution in [0.15, 0.2) is 0 Å². The highest BCUT2D eigenvalue weighted by Crippen LogP contribution is 2.19. The highest BCUT2D eigenvalue weighted by atomic mass is 32.1. The molecule has 0 aromatic carbocycles. The molecule has 0 spiro atoms. The van der Waals surface area contributed by atoms with Gasteiger partial charge in [-0.2, -0.15) is 0 Å². The van der Waals surface area contributed by atoms with Crippen LogP contribution < -0.4 is 5.32 Å². The molecular weight excluding hydrogens is 218 g/mol. The Balaban J connectivity index is 2.39. The minimum absolute atomic E-state index is 0.500. The maximum Gasteiger partial charge on any atom is 0.205 e. The molecule has 1 aromatic rings. The van der Waals surface area contributed by atoms with E-state index >= 15 is 0 Å². The molecule has 0 radical (unpaired) electrons. The Hall–Kier alpha value is -0.640. The van der Waals surface area contributed by atoms with Crippen molar-refractivity contribution in [1.82, 2.24) is 10.2 Å². The maximum absolute atomic E-state index is 4.20. The molecule has 0 amide bonds. The van der Waals surface area contributed by atoms with E-state index in [2.05, 4.69) is 43.2 Å². The number of hydrogen-bond acceptors (Lipinski definition) is 4. The van der Waals surface area contributed by atoms with E-state index in [1.807, 2.05) is 0 Å². The van der Waals surface area contributed by atoms with Gasteiger partial charge in [-0.3, -0.25) is 0 Å². The van der Waals surface area contributed by atoms with Crippen LogP contribution in [0.5, 0.6) is 0 Å². The normalized spacial score (nSPS) is 13.1. The first-order valence-electron chi connectivity index (χ1n) is 6.20. The van der Waals surface area contributed by atoms with Crippen LogP contribution in [-0.2, 0) is 6.42 Å². The summed E-state index contributed by atoms with van der Waals surface area (Å²) in [5.74, 6) is 0.651. The number of rotatable bonds is 7. The first-order valence-corrected chi connectivity index (χ1v) is 7.02. The first-order chi connectivity index (χ1) is 7.61. The minimum atomic E-state index is 0.500. The van der Waals surface area contributed by atoms with Gasteiger partial charge in [0.2, 0.25) is 5.13 Å². The van der Waals surface area contributed by atoms with Crippen LogP contribution in [0.4, 0.5) is 5.13 Å². The number of nitrogens with zero attached hydrogens (tertiary/aromatic N) is 2. The first kappa shape index (κ1) is 13.4. The standard InChI is InChI=1S/C12H23N3S/c1-5-6-7-10(4)13-12-15-14-11(16-12)8-9(2)3/h9-10H,5-8H2,1-4H3,(H,13,15). The molecular formula is C12H23N3S. The maximum atomic E-state index is 4.20. The van der Waals surface area contributed by atoms with Gasteiger partial charge in [0.15, 0.2) is 0 Å². The Morgan fingerprint density at radius 1 is 1.25 bits per heavy atom. The predicted octanol–water partition coefficient (Wildman–Crippen LogP) is 3.73. The largest absolute Gasteiger partial charge is 0.358 e. The average molecular weight is 241 g/mol. The summed E-state index contributed by atoms with van der Waals surface area (Å²) in [7, 11) is 0. The molecule has 1 atom stereocenters. The Labute approximate surface area is 103 Å². The fourth-order valence-electron chi connectivity index (χ4n) is 1.54. The SMILES string of the molecule is CCCCC(C)Nc1nnc(CC(C)C)s1. The highest BCUT2D eigenvalue weighted by Gasteiger charge is 2.08. The van der Waals surface area contributed by atoms with Gasteiger partial charge in [-0.05, 0) is 19.3 Å². The third-order valence-corrected chi connectivity index (χ3v) is 3.29. The third kappa shape index (κ3) is 4.92. The lowest BCUT2D eigenvalue weighted by Crippen LogP contribution is -2.14. The van der Waals surface area contributed by atoms with E-state index in [1.54, 1.807) is 11.3 Å². The van der Waals surface area contributed by atoms with Crippen molar-refractivity contribution < 1.29 is 0 Å². The highest BCUT2D eigenvalue weighted by molar-refractivity contribution is 7.15. The molecule has 0 bridgehead atoms. The quantitative estimate of drug-likeness (QED) is 0.790. The van der Waals surface area contributed by atoms with Crippen molar-refractivity contribution in [2.24, 2.45) is 5.92 Å². The summed E-state index contributed by atoms with van der Waals surface area (Å²) in [6.45, 7) is 8.84. The zero-order valence-corrected chi connectivity index (χ0v) is 11.6. The van der Waals surface area contributed by atoms with Crippen LogP contribution in [0, 0.1) is 5.92 Å². The Bertz CT molecular complexity index is 296. The van der Waals surface area contributed by atoms with Gasteiger partial charge in [-0.25, -0.2) is 0 Å². The van der Waals surface area contributed by atoms with Crippen molar-refractivity contribution >= 4 is 16.5 Å².